The van der Waals surface area contributed by atoms with Crippen LogP contribution in [-0.2, 0) is 32.1 Å². The molecule has 0 saturated carbocycles. The molecule has 1 fully saturated rings. The number of nitrogens with zero attached hydrogens (tertiary/aromatic N) is 3. The number of imidazole rings is 1. The lowest BCUT2D eigenvalue weighted by Gasteiger charge is -2.31. The third kappa shape index (κ3) is 10.0. The fourth-order valence-electron chi connectivity index (χ4n) is 4.04. The van der Waals surface area contributed by atoms with Gasteiger partial charge in [-0.15, -0.1) is 6.58 Å². The minimum Gasteiger partial charge on any atom is -0.543 e. The van der Waals surface area contributed by atoms with Crippen molar-refractivity contribution in [2.24, 2.45) is 5.92 Å². The monoisotopic (exact) mass is 539 g/mol. The first-order valence-electron chi connectivity index (χ1n) is 11.9. The smallest absolute Gasteiger partial charge is 0.123 e. The third-order valence-electron chi connectivity index (χ3n) is 5.89. The van der Waals surface area contributed by atoms with Gasteiger partial charge in [-0.25, -0.2) is 9.37 Å². The minimum atomic E-state index is -2.19. The van der Waals surface area contributed by atoms with Crippen LogP contribution >= 0.6 is 0 Å². The van der Waals surface area contributed by atoms with Gasteiger partial charge >= 0.3 is 0 Å². The maximum Gasteiger partial charge on any atom is 0.123 e. The number of carbonyl (C=O) groups excluding carboxylic acids is 4. The van der Waals surface area contributed by atoms with Crippen LogP contribution in [0.5, 0.6) is 0 Å². The second-order valence-electron chi connectivity index (χ2n) is 8.62. The van der Waals surface area contributed by atoms with Crippen LogP contribution in [0.25, 0.3) is 11.0 Å². The highest BCUT2D eigenvalue weighted by Crippen LogP contribution is 2.25. The second-order valence-corrected chi connectivity index (χ2v) is 8.62. The first-order chi connectivity index (χ1) is 18.5. The van der Waals surface area contributed by atoms with Crippen molar-refractivity contribution in [2.75, 3.05) is 19.6 Å². The molecule has 0 N–H and O–H groups in total. The van der Waals surface area contributed by atoms with Crippen LogP contribution in [0.1, 0.15) is 24.2 Å². The molecule has 0 atom stereocenters. The number of fused-ring (bicyclic) bond motifs is 1. The number of hydrogen-bond acceptors (Lipinski definition) is 10. The fourth-order valence-corrected chi connectivity index (χ4v) is 4.04. The molecule has 11 nitrogen and oxygen atoms in total. The molecule has 1 aliphatic rings. The number of carbonyl (C=O) groups is 4. The average molecular weight is 540 g/mol. The Kier molecular flexibility index (Phi) is 11.8. The molecule has 0 aliphatic carbocycles. The number of carboxylic acids is 4. The van der Waals surface area contributed by atoms with Gasteiger partial charge in [0, 0.05) is 19.5 Å². The molecule has 1 aliphatic heterocycles. The number of rotatable bonds is 6. The summed E-state index contributed by atoms with van der Waals surface area (Å²) in [6.45, 7) is 7.82. The van der Waals surface area contributed by atoms with Gasteiger partial charge in [-0.05, 0) is 61.7 Å². The summed E-state index contributed by atoms with van der Waals surface area (Å²) in [7, 11) is 0. The van der Waals surface area contributed by atoms with Gasteiger partial charge in [0.15, 0.2) is 0 Å². The highest BCUT2D eigenvalue weighted by Gasteiger charge is 2.21. The molecule has 12 heteroatoms. The van der Waals surface area contributed by atoms with Gasteiger partial charge in [-0.1, -0.05) is 30.3 Å². The lowest BCUT2D eigenvalue weighted by molar-refractivity contribution is -0.345. The maximum atomic E-state index is 13.3. The largest absolute Gasteiger partial charge is 0.543 e. The van der Waals surface area contributed by atoms with E-state index in [1.54, 1.807) is 0 Å². The molecule has 1 aromatic heterocycles. The molecule has 2 heterocycles. The Labute approximate surface area is 223 Å². The van der Waals surface area contributed by atoms with Gasteiger partial charge in [0.2, 0.25) is 0 Å². The summed E-state index contributed by atoms with van der Waals surface area (Å²) in [5, 5.41) is 35.7. The molecule has 3 aromatic rings. The van der Waals surface area contributed by atoms with Crippen LogP contribution in [0.15, 0.2) is 61.2 Å². The zero-order chi connectivity index (χ0) is 28.9. The predicted molar refractivity (Wildman–Crippen MR) is 128 cm³/mol. The number of likely N-dealkylation sites (tertiary alicyclic amines) is 1. The number of hydrogen-bond donors (Lipinski definition) is 0. The van der Waals surface area contributed by atoms with E-state index in [4.69, 9.17) is 44.6 Å². The van der Waals surface area contributed by atoms with Gasteiger partial charge in [0.1, 0.15) is 11.6 Å². The summed E-state index contributed by atoms with van der Waals surface area (Å²) in [5.74, 6) is -7.13. The van der Waals surface area contributed by atoms with Crippen LogP contribution in [-0.4, -0.2) is 58.0 Å². The Morgan fingerprint density at radius 3 is 1.95 bits per heavy atom. The van der Waals surface area contributed by atoms with E-state index in [1.807, 2.05) is 24.3 Å². The molecule has 0 spiro atoms. The van der Waals surface area contributed by atoms with Gasteiger partial charge in [0.05, 0.1) is 34.9 Å². The van der Waals surface area contributed by atoms with Crippen molar-refractivity contribution in [3.8, 4) is 0 Å². The number of aromatic nitrogens is 2. The van der Waals surface area contributed by atoms with Crippen molar-refractivity contribution in [1.82, 2.24) is 14.5 Å². The SMILES string of the molecule is C=CCN1CCC(Cc2nc3ccccc3n2Cc2ccc(F)cc2)CC1.O=C([O-])C(=O)[O-].O=C([O-])C(=O)[O-]. The average Bonchev–Trinajstić information content (AvgIpc) is 3.24. The number of piperidine rings is 1. The highest BCUT2D eigenvalue weighted by molar-refractivity contribution is 6.25. The summed E-state index contributed by atoms with van der Waals surface area (Å²) in [6.07, 6.45) is 5.39. The molecule has 0 radical (unpaired) electrons. The van der Waals surface area contributed by atoms with Crippen LogP contribution in [0.4, 0.5) is 4.39 Å². The van der Waals surface area contributed by atoms with Crippen molar-refractivity contribution >= 4 is 34.9 Å². The molecule has 4 rings (SSSR count). The van der Waals surface area contributed by atoms with Crippen molar-refractivity contribution in [3.05, 3.63) is 78.4 Å². The Hall–Kier alpha value is -4.58. The molecular weight excluding hydrogens is 513 g/mol. The Bertz CT molecular complexity index is 1250. The summed E-state index contributed by atoms with van der Waals surface area (Å²) >= 11 is 0. The van der Waals surface area contributed by atoms with E-state index in [0.717, 1.165) is 55.0 Å². The number of carboxylic acid groups (broad SMARTS) is 4. The molecule has 2 aromatic carbocycles. The standard InChI is InChI=1S/C23H26FN3.2C2H2O4/c1-2-13-26-14-11-18(12-15-26)16-23-25-21-5-3-4-6-22(21)27(23)17-19-7-9-20(24)10-8-19;2*3-1(4)2(5)6/h2-10,18H,1,11-17H2;2*(H,3,4)(H,5,6)/p-4. The normalized spacial score (nSPS) is 13.4. The van der Waals surface area contributed by atoms with Crippen molar-refractivity contribution in [1.29, 1.82) is 0 Å². The Balaban J connectivity index is 0.000000374. The van der Waals surface area contributed by atoms with Gasteiger partial charge < -0.3 is 44.2 Å². The van der Waals surface area contributed by atoms with E-state index in [9.17, 15) is 4.39 Å². The predicted octanol–water partition coefficient (Wildman–Crippen LogP) is -2.36. The zero-order valence-corrected chi connectivity index (χ0v) is 20.9. The van der Waals surface area contributed by atoms with Crippen LogP contribution in [0.3, 0.4) is 0 Å². The number of benzene rings is 2. The van der Waals surface area contributed by atoms with Crippen LogP contribution in [0.2, 0.25) is 0 Å². The van der Waals surface area contributed by atoms with Crippen molar-refractivity contribution in [2.45, 2.75) is 25.8 Å². The van der Waals surface area contributed by atoms with E-state index in [-0.39, 0.29) is 5.82 Å². The molecule has 1 saturated heterocycles. The highest BCUT2D eigenvalue weighted by atomic mass is 19.1. The Morgan fingerprint density at radius 2 is 1.44 bits per heavy atom. The number of aliphatic carboxylic acids is 4. The van der Waals surface area contributed by atoms with Gasteiger partial charge in [-0.3, -0.25) is 4.90 Å². The Morgan fingerprint density at radius 1 is 0.897 bits per heavy atom. The topological polar surface area (TPSA) is 182 Å². The lowest BCUT2D eigenvalue weighted by atomic mass is 9.93. The molecular formula is C27H26FN3O8-4. The molecule has 208 valence electrons. The summed E-state index contributed by atoms with van der Waals surface area (Å²) < 4.78 is 15.6. The van der Waals surface area contributed by atoms with Gasteiger partial charge in [-0.2, -0.15) is 0 Å². The molecule has 0 bridgehead atoms. The van der Waals surface area contributed by atoms with Crippen molar-refractivity contribution < 1.29 is 44.0 Å². The summed E-state index contributed by atoms with van der Waals surface area (Å²) in [6, 6.07) is 15.1. The molecule has 0 amide bonds. The quantitative estimate of drug-likeness (QED) is 0.243. The minimum absolute atomic E-state index is 0.194. The van der Waals surface area contributed by atoms with Crippen LogP contribution in [0, 0.1) is 11.7 Å². The second kappa shape index (κ2) is 15.0. The first kappa shape index (κ1) is 30.6. The number of para-hydroxylation sites is 2. The molecule has 39 heavy (non-hydrogen) atoms. The molecule has 0 unspecified atom stereocenters. The third-order valence-corrected chi connectivity index (χ3v) is 5.89. The van der Waals surface area contributed by atoms with E-state index in [2.05, 4.69) is 34.2 Å². The summed E-state index contributed by atoms with van der Waals surface area (Å²) in [5.41, 5.74) is 3.29. The fraction of sp³-hybridized carbons (Fsp3) is 0.296. The van der Waals surface area contributed by atoms with Gasteiger partial charge in [0.25, 0.3) is 0 Å². The van der Waals surface area contributed by atoms with E-state index >= 15 is 0 Å². The lowest BCUT2D eigenvalue weighted by Crippen LogP contribution is -2.42. The first-order valence-corrected chi connectivity index (χ1v) is 11.9. The maximum absolute atomic E-state index is 13.3. The summed E-state index contributed by atoms with van der Waals surface area (Å²) in [4.78, 5) is 43.1. The van der Waals surface area contributed by atoms with Crippen molar-refractivity contribution in [3.63, 3.8) is 0 Å². The van der Waals surface area contributed by atoms with E-state index < -0.39 is 23.9 Å². The van der Waals surface area contributed by atoms with E-state index in [1.165, 1.54) is 25.0 Å². The zero-order valence-electron chi connectivity index (χ0n) is 20.9. The van der Waals surface area contributed by atoms with E-state index in [0.29, 0.717) is 5.92 Å². The van der Waals surface area contributed by atoms with Crippen LogP contribution < -0.4 is 20.4 Å². The number of halogens is 1.